The molecule has 0 aliphatic rings. The van der Waals surface area contributed by atoms with Gasteiger partial charge in [-0.3, -0.25) is 4.72 Å². The van der Waals surface area contributed by atoms with Crippen LogP contribution in [0.1, 0.15) is 0 Å². The van der Waals surface area contributed by atoms with Crippen molar-refractivity contribution in [3.05, 3.63) is 34.7 Å². The minimum Gasteiger partial charge on any atom is -0.279 e. The molecule has 0 radical (unpaired) electrons. The van der Waals surface area contributed by atoms with Crippen molar-refractivity contribution in [1.82, 2.24) is 15.4 Å². The fourth-order valence-corrected chi connectivity index (χ4v) is 4.08. The molecule has 0 aliphatic carbocycles. The van der Waals surface area contributed by atoms with Crippen LogP contribution < -0.4 is 4.72 Å². The number of fused-ring (bicyclic) bond motifs is 1. The summed E-state index contributed by atoms with van der Waals surface area (Å²) in [6.45, 7) is 0. The first-order valence-corrected chi connectivity index (χ1v) is 7.81. The van der Waals surface area contributed by atoms with Gasteiger partial charge in [-0.15, -0.1) is 11.3 Å². The van der Waals surface area contributed by atoms with Gasteiger partial charge in [0.1, 0.15) is 15.2 Å². The van der Waals surface area contributed by atoms with E-state index in [1.165, 1.54) is 6.07 Å². The Bertz CT molecular complexity index is 840. The van der Waals surface area contributed by atoms with E-state index in [4.69, 9.17) is 11.6 Å². The highest BCUT2D eigenvalue weighted by Crippen LogP contribution is 2.27. The van der Waals surface area contributed by atoms with E-state index in [-0.39, 0.29) is 4.21 Å². The van der Waals surface area contributed by atoms with Gasteiger partial charge in [-0.1, -0.05) is 11.6 Å². The van der Waals surface area contributed by atoms with Crippen LogP contribution in [-0.2, 0) is 10.0 Å². The molecule has 0 saturated carbocycles. The van der Waals surface area contributed by atoms with E-state index in [9.17, 15) is 8.42 Å². The lowest BCUT2D eigenvalue weighted by atomic mass is 10.3. The van der Waals surface area contributed by atoms with Crippen LogP contribution in [0, 0.1) is 0 Å². The second-order valence-corrected chi connectivity index (χ2v) is 7.32. The molecular weight excluding hydrogens is 308 g/mol. The average molecular weight is 315 g/mol. The number of rotatable bonds is 3. The van der Waals surface area contributed by atoms with Crippen molar-refractivity contribution >= 4 is 49.7 Å². The van der Waals surface area contributed by atoms with Gasteiger partial charge in [-0.25, -0.2) is 8.42 Å². The molecule has 0 atom stereocenters. The first kappa shape index (κ1) is 12.4. The number of aromatic amines is 1. The van der Waals surface area contributed by atoms with Gasteiger partial charge in [0.15, 0.2) is 0 Å². The Balaban J connectivity index is 1.95. The number of hydrogen-bond donors (Lipinski definition) is 2. The standard InChI is InChI=1S/C10H7ClN4O2S2/c11-9-3-4-10(18-9)19(16,17)14-6-1-2-7-8(5-6)13-15-12-7/h1-5,14H,(H,12,13,15). The predicted octanol–water partition coefficient (Wildman–Crippen LogP) is 2.47. The highest BCUT2D eigenvalue weighted by atomic mass is 35.5. The van der Waals surface area contributed by atoms with Crippen LogP contribution in [-0.4, -0.2) is 23.8 Å². The molecule has 0 fully saturated rings. The maximum Gasteiger partial charge on any atom is 0.271 e. The second-order valence-electron chi connectivity index (χ2n) is 3.69. The van der Waals surface area contributed by atoms with Crippen LogP contribution in [0.5, 0.6) is 0 Å². The zero-order valence-electron chi connectivity index (χ0n) is 9.29. The van der Waals surface area contributed by atoms with Gasteiger partial charge < -0.3 is 0 Å². The normalized spacial score (nSPS) is 11.8. The van der Waals surface area contributed by atoms with E-state index >= 15 is 0 Å². The second kappa shape index (κ2) is 4.48. The Morgan fingerprint density at radius 2 is 1.95 bits per heavy atom. The number of hydrogen-bond acceptors (Lipinski definition) is 5. The van der Waals surface area contributed by atoms with Gasteiger partial charge in [0.05, 0.1) is 10.0 Å². The van der Waals surface area contributed by atoms with Gasteiger partial charge in [0, 0.05) is 0 Å². The van der Waals surface area contributed by atoms with Gasteiger partial charge in [0.25, 0.3) is 10.0 Å². The van der Waals surface area contributed by atoms with Crippen molar-refractivity contribution in [3.63, 3.8) is 0 Å². The van der Waals surface area contributed by atoms with Crippen molar-refractivity contribution in [2.75, 3.05) is 4.72 Å². The summed E-state index contributed by atoms with van der Waals surface area (Å²) in [6.07, 6.45) is 0. The number of nitrogens with one attached hydrogen (secondary N) is 2. The summed E-state index contributed by atoms with van der Waals surface area (Å²) in [4.78, 5) is 0. The molecular formula is C10H7ClN4O2S2. The van der Waals surface area contributed by atoms with Crippen molar-refractivity contribution in [2.45, 2.75) is 4.21 Å². The van der Waals surface area contributed by atoms with Crippen LogP contribution in [0.4, 0.5) is 5.69 Å². The number of halogens is 1. The summed E-state index contributed by atoms with van der Waals surface area (Å²) in [6, 6.07) is 7.91. The largest absolute Gasteiger partial charge is 0.279 e. The molecule has 1 aromatic carbocycles. The van der Waals surface area contributed by atoms with Crippen LogP contribution in [0.25, 0.3) is 11.0 Å². The molecule has 3 rings (SSSR count). The molecule has 2 heterocycles. The fourth-order valence-electron chi connectivity index (χ4n) is 1.55. The number of aromatic nitrogens is 3. The van der Waals surface area contributed by atoms with Crippen LogP contribution in [0.15, 0.2) is 34.5 Å². The molecule has 19 heavy (non-hydrogen) atoms. The van der Waals surface area contributed by atoms with E-state index in [0.717, 1.165) is 11.3 Å². The van der Waals surface area contributed by atoms with Crippen LogP contribution >= 0.6 is 22.9 Å². The number of benzene rings is 1. The van der Waals surface area contributed by atoms with Crippen molar-refractivity contribution in [3.8, 4) is 0 Å². The lowest BCUT2D eigenvalue weighted by molar-refractivity contribution is 0.603. The average Bonchev–Trinajstić information content (AvgIpc) is 2.96. The summed E-state index contributed by atoms with van der Waals surface area (Å²) < 4.78 is 27.2. The number of nitrogens with zero attached hydrogens (tertiary/aromatic N) is 2. The quantitative estimate of drug-likeness (QED) is 0.777. The molecule has 2 N–H and O–H groups in total. The fraction of sp³-hybridized carbons (Fsp3) is 0. The van der Waals surface area contributed by atoms with Crippen LogP contribution in [0.2, 0.25) is 4.34 Å². The topological polar surface area (TPSA) is 87.7 Å². The van der Waals surface area contributed by atoms with E-state index in [1.54, 1.807) is 24.3 Å². The van der Waals surface area contributed by atoms with Gasteiger partial charge in [-0.2, -0.15) is 15.4 Å². The molecule has 9 heteroatoms. The highest BCUT2D eigenvalue weighted by Gasteiger charge is 2.17. The van der Waals surface area contributed by atoms with E-state index in [2.05, 4.69) is 20.1 Å². The van der Waals surface area contributed by atoms with Gasteiger partial charge in [-0.05, 0) is 30.3 Å². The Morgan fingerprint density at radius 1 is 1.16 bits per heavy atom. The summed E-state index contributed by atoms with van der Waals surface area (Å²) in [5, 5.41) is 10.3. The maximum atomic E-state index is 12.1. The lowest BCUT2D eigenvalue weighted by Gasteiger charge is -2.05. The van der Waals surface area contributed by atoms with E-state index < -0.39 is 10.0 Å². The number of thiophene rings is 1. The molecule has 0 amide bonds. The smallest absolute Gasteiger partial charge is 0.271 e. The zero-order valence-corrected chi connectivity index (χ0v) is 11.7. The maximum absolute atomic E-state index is 12.1. The predicted molar refractivity (Wildman–Crippen MR) is 74.0 cm³/mol. The first-order valence-electron chi connectivity index (χ1n) is 5.13. The Kier molecular flexibility index (Phi) is 2.92. The van der Waals surface area contributed by atoms with Gasteiger partial charge >= 0.3 is 0 Å². The Morgan fingerprint density at radius 3 is 2.68 bits per heavy atom. The first-order chi connectivity index (χ1) is 9.04. The Labute approximate surface area is 117 Å². The summed E-state index contributed by atoms with van der Waals surface area (Å²) in [5.74, 6) is 0. The third-order valence-corrected chi connectivity index (χ3v) is 5.49. The molecule has 98 valence electrons. The number of anilines is 1. The molecule has 0 saturated heterocycles. The highest BCUT2D eigenvalue weighted by molar-refractivity contribution is 7.94. The third kappa shape index (κ3) is 2.42. The molecule has 6 nitrogen and oxygen atoms in total. The third-order valence-electron chi connectivity index (χ3n) is 2.38. The lowest BCUT2D eigenvalue weighted by Crippen LogP contribution is -2.11. The molecule has 0 aliphatic heterocycles. The zero-order chi connectivity index (χ0) is 13.5. The van der Waals surface area contributed by atoms with E-state index in [0.29, 0.717) is 21.1 Å². The minimum absolute atomic E-state index is 0.165. The van der Waals surface area contributed by atoms with Crippen molar-refractivity contribution < 1.29 is 8.42 Å². The Hall–Kier alpha value is -1.64. The molecule has 3 aromatic rings. The molecule has 0 unspecified atom stereocenters. The van der Waals surface area contributed by atoms with Crippen molar-refractivity contribution in [1.29, 1.82) is 0 Å². The summed E-state index contributed by atoms with van der Waals surface area (Å²) >= 11 is 6.74. The monoisotopic (exact) mass is 314 g/mol. The minimum atomic E-state index is -3.62. The number of H-pyrrole nitrogens is 1. The summed E-state index contributed by atoms with van der Waals surface area (Å²) in [5.41, 5.74) is 1.68. The van der Waals surface area contributed by atoms with E-state index in [1.807, 2.05) is 0 Å². The molecule has 2 aromatic heterocycles. The molecule has 0 spiro atoms. The number of sulfonamides is 1. The SMILES string of the molecule is O=S(=O)(Nc1ccc2n[nH]nc2c1)c1ccc(Cl)s1. The van der Waals surface area contributed by atoms with Gasteiger partial charge in [0.2, 0.25) is 0 Å². The molecule has 0 bridgehead atoms. The summed E-state index contributed by atoms with van der Waals surface area (Å²) in [7, 11) is -3.62. The van der Waals surface area contributed by atoms with Crippen molar-refractivity contribution in [2.24, 2.45) is 0 Å². The van der Waals surface area contributed by atoms with Crippen LogP contribution in [0.3, 0.4) is 0 Å².